The van der Waals surface area contributed by atoms with Crippen LogP contribution in [0.4, 0.5) is 29.1 Å². The molecular formula is C18H11ClF4N6. The zero-order valence-corrected chi connectivity index (χ0v) is 15.2. The molecule has 4 heterocycles. The molecule has 0 aliphatic rings. The Kier molecular flexibility index (Phi) is 4.79. The first-order valence-electron chi connectivity index (χ1n) is 8.23. The molecule has 0 aliphatic carbocycles. The van der Waals surface area contributed by atoms with Gasteiger partial charge in [0.05, 0.1) is 5.69 Å². The predicted octanol–water partition coefficient (Wildman–Crippen LogP) is 4.78. The van der Waals surface area contributed by atoms with Gasteiger partial charge in [-0.1, -0.05) is 17.7 Å². The Morgan fingerprint density at radius 3 is 2.72 bits per heavy atom. The predicted molar refractivity (Wildman–Crippen MR) is 98.6 cm³/mol. The van der Waals surface area contributed by atoms with Crippen molar-refractivity contribution < 1.29 is 17.6 Å². The molecule has 4 aromatic rings. The molecule has 1 N–H and O–H groups in total. The molecule has 148 valence electrons. The van der Waals surface area contributed by atoms with E-state index in [9.17, 15) is 17.6 Å². The molecule has 0 saturated heterocycles. The van der Waals surface area contributed by atoms with Crippen molar-refractivity contribution in [3.05, 3.63) is 65.5 Å². The lowest BCUT2D eigenvalue weighted by Crippen LogP contribution is -2.18. The van der Waals surface area contributed by atoms with Crippen molar-refractivity contribution in [2.45, 2.75) is 5.92 Å². The molecule has 4 aromatic heterocycles. The second-order valence-corrected chi connectivity index (χ2v) is 6.31. The third-order valence-corrected chi connectivity index (χ3v) is 4.27. The lowest BCUT2D eigenvalue weighted by Gasteiger charge is -2.13. The molecule has 6 nitrogen and oxygen atoms in total. The van der Waals surface area contributed by atoms with Crippen LogP contribution in [0.1, 0.15) is 5.69 Å². The number of alkyl halides is 3. The first-order valence-corrected chi connectivity index (χ1v) is 8.61. The second kappa shape index (κ2) is 7.28. The molecule has 4 rings (SSSR count). The Balaban J connectivity index is 1.82. The Hall–Kier alpha value is -3.27. The first-order chi connectivity index (χ1) is 13.9. The van der Waals surface area contributed by atoms with Crippen LogP contribution in [-0.4, -0.2) is 31.2 Å². The molecule has 0 unspecified atom stereocenters. The highest BCUT2D eigenvalue weighted by Crippen LogP contribution is 2.30. The third kappa shape index (κ3) is 3.58. The molecule has 0 radical (unpaired) electrons. The van der Waals surface area contributed by atoms with Crippen LogP contribution in [0.2, 0.25) is 5.15 Å². The third-order valence-electron chi connectivity index (χ3n) is 4.01. The summed E-state index contributed by atoms with van der Waals surface area (Å²) in [5.74, 6) is -4.34. The Morgan fingerprint density at radius 1 is 1.10 bits per heavy atom. The molecule has 0 aliphatic heterocycles. The molecule has 0 spiro atoms. The quantitative estimate of drug-likeness (QED) is 0.370. The van der Waals surface area contributed by atoms with E-state index < -0.39 is 24.1 Å². The average Bonchev–Trinajstić information content (AvgIpc) is 3.20. The fraction of sp³-hybridized carbons (Fsp3) is 0.111. The van der Waals surface area contributed by atoms with Crippen molar-refractivity contribution in [3.8, 4) is 11.5 Å². The highest BCUT2D eigenvalue weighted by atomic mass is 35.5. The fourth-order valence-electron chi connectivity index (χ4n) is 2.61. The monoisotopic (exact) mass is 422 g/mol. The Labute approximate surface area is 166 Å². The molecule has 29 heavy (non-hydrogen) atoms. The van der Waals surface area contributed by atoms with Gasteiger partial charge in [0.25, 0.3) is 0 Å². The van der Waals surface area contributed by atoms with Gasteiger partial charge in [-0.3, -0.25) is 0 Å². The van der Waals surface area contributed by atoms with Gasteiger partial charge < -0.3 is 5.32 Å². The number of rotatable bonds is 5. The van der Waals surface area contributed by atoms with Crippen LogP contribution in [0, 0.1) is 5.82 Å². The van der Waals surface area contributed by atoms with E-state index in [0.29, 0.717) is 5.52 Å². The van der Waals surface area contributed by atoms with Crippen molar-refractivity contribution in [3.63, 3.8) is 0 Å². The summed E-state index contributed by atoms with van der Waals surface area (Å²) in [4.78, 5) is 11.7. The maximum Gasteiger partial charge on any atom is 0.317 e. The van der Waals surface area contributed by atoms with Gasteiger partial charge >= 0.3 is 5.92 Å². The smallest absolute Gasteiger partial charge is 0.317 e. The first kappa shape index (κ1) is 19.1. The van der Waals surface area contributed by atoms with Crippen LogP contribution in [-0.2, 0) is 5.92 Å². The van der Waals surface area contributed by atoms with E-state index >= 15 is 0 Å². The van der Waals surface area contributed by atoms with Gasteiger partial charge in [0, 0.05) is 12.4 Å². The number of hydrogen-bond acceptors (Lipinski definition) is 5. The van der Waals surface area contributed by atoms with E-state index in [1.54, 1.807) is 18.3 Å². The van der Waals surface area contributed by atoms with Gasteiger partial charge in [0.1, 0.15) is 16.9 Å². The lowest BCUT2D eigenvalue weighted by atomic mass is 10.2. The Bertz CT molecular complexity index is 1200. The van der Waals surface area contributed by atoms with Gasteiger partial charge in [-0.25, -0.2) is 28.2 Å². The number of aromatic nitrogens is 5. The molecule has 0 aromatic carbocycles. The largest absolute Gasteiger partial charge is 0.336 e. The van der Waals surface area contributed by atoms with Crippen LogP contribution in [0.25, 0.3) is 17.0 Å². The summed E-state index contributed by atoms with van der Waals surface area (Å²) < 4.78 is 55.6. The minimum Gasteiger partial charge on any atom is -0.336 e. The van der Waals surface area contributed by atoms with Crippen LogP contribution in [0.5, 0.6) is 0 Å². The van der Waals surface area contributed by atoms with Crippen LogP contribution < -0.4 is 5.32 Å². The van der Waals surface area contributed by atoms with Crippen molar-refractivity contribution in [2.24, 2.45) is 0 Å². The zero-order valence-electron chi connectivity index (χ0n) is 14.5. The van der Waals surface area contributed by atoms with Gasteiger partial charge in [-0.15, -0.1) is 5.10 Å². The standard InChI is InChI=1S/C18H11ClF4N6/c19-15-14(21)10(6-7-24-15)26-17-12-4-2-8-29(12)28-16(27-17)11-3-1-5-13(25-11)18(22,23)9-20/h1-8H,9H2,(H,24,26,27,28). The van der Waals surface area contributed by atoms with Crippen molar-refractivity contribution in [1.82, 2.24) is 24.6 Å². The number of anilines is 2. The summed E-state index contributed by atoms with van der Waals surface area (Å²) in [5.41, 5.74) is -0.229. The minimum atomic E-state index is -3.73. The zero-order chi connectivity index (χ0) is 20.6. The van der Waals surface area contributed by atoms with E-state index in [-0.39, 0.29) is 28.2 Å². The van der Waals surface area contributed by atoms with Crippen molar-refractivity contribution in [1.29, 1.82) is 0 Å². The van der Waals surface area contributed by atoms with Crippen LogP contribution in [0.15, 0.2) is 48.8 Å². The molecular weight excluding hydrogens is 412 g/mol. The highest BCUT2D eigenvalue weighted by molar-refractivity contribution is 6.29. The second-order valence-electron chi connectivity index (χ2n) is 5.96. The van der Waals surface area contributed by atoms with Gasteiger partial charge in [0.15, 0.2) is 23.5 Å². The topological polar surface area (TPSA) is 68.0 Å². The summed E-state index contributed by atoms with van der Waals surface area (Å²) in [6, 6.07) is 8.45. The van der Waals surface area contributed by atoms with Crippen molar-refractivity contribution in [2.75, 3.05) is 12.0 Å². The molecule has 0 bridgehead atoms. The number of halogens is 5. The lowest BCUT2D eigenvalue weighted by molar-refractivity contribution is -0.0320. The molecule has 11 heteroatoms. The van der Waals surface area contributed by atoms with Gasteiger partial charge in [-0.05, 0) is 30.3 Å². The summed E-state index contributed by atoms with van der Waals surface area (Å²) in [7, 11) is 0. The maximum atomic E-state index is 14.2. The molecule has 0 atom stereocenters. The Morgan fingerprint density at radius 2 is 1.93 bits per heavy atom. The summed E-state index contributed by atoms with van der Waals surface area (Å²) in [6.07, 6.45) is 2.91. The van der Waals surface area contributed by atoms with E-state index in [1.165, 1.54) is 28.9 Å². The van der Waals surface area contributed by atoms with Crippen LogP contribution in [0.3, 0.4) is 0 Å². The van der Waals surface area contributed by atoms with E-state index in [1.807, 2.05) is 0 Å². The van der Waals surface area contributed by atoms with Gasteiger partial charge in [-0.2, -0.15) is 8.78 Å². The minimum absolute atomic E-state index is 0.00232. The number of nitrogens with zero attached hydrogens (tertiary/aromatic N) is 5. The maximum absolute atomic E-state index is 14.2. The summed E-state index contributed by atoms with van der Waals surface area (Å²) in [6.45, 7) is -1.88. The van der Waals surface area contributed by atoms with E-state index in [0.717, 1.165) is 6.07 Å². The van der Waals surface area contributed by atoms with Crippen molar-refractivity contribution >= 4 is 28.6 Å². The number of nitrogens with one attached hydrogen (secondary N) is 1. The normalized spacial score (nSPS) is 11.8. The number of pyridine rings is 2. The number of hydrogen-bond donors (Lipinski definition) is 1. The highest BCUT2D eigenvalue weighted by Gasteiger charge is 2.33. The molecule has 0 fully saturated rings. The summed E-state index contributed by atoms with van der Waals surface area (Å²) in [5, 5.41) is 6.71. The van der Waals surface area contributed by atoms with E-state index in [4.69, 9.17) is 11.6 Å². The summed E-state index contributed by atoms with van der Waals surface area (Å²) >= 11 is 5.70. The molecule has 0 amide bonds. The number of fused-ring (bicyclic) bond motifs is 1. The average molecular weight is 423 g/mol. The van der Waals surface area contributed by atoms with Crippen LogP contribution >= 0.6 is 11.6 Å². The SMILES string of the molecule is FCC(F)(F)c1cccc(-c2nc(Nc3ccnc(Cl)c3F)c3cccn3n2)n1. The van der Waals surface area contributed by atoms with Gasteiger partial charge in [0.2, 0.25) is 5.82 Å². The molecule has 0 saturated carbocycles. The fourth-order valence-corrected chi connectivity index (χ4v) is 2.77. The van der Waals surface area contributed by atoms with E-state index in [2.05, 4.69) is 25.4 Å².